The van der Waals surface area contributed by atoms with E-state index >= 15 is 0 Å². The lowest BCUT2D eigenvalue weighted by atomic mass is 10.2. The number of carbonyl (C=O) groups is 1. The zero-order valence-corrected chi connectivity index (χ0v) is 16.7. The van der Waals surface area contributed by atoms with Crippen molar-refractivity contribution in [3.8, 4) is 0 Å². The predicted molar refractivity (Wildman–Crippen MR) is 111 cm³/mol. The number of nitrogens with one attached hydrogen (secondary N) is 2. The van der Waals surface area contributed by atoms with Crippen molar-refractivity contribution >= 4 is 78.8 Å². The first-order valence-electron chi connectivity index (χ1n) is 7.37. The highest BCUT2D eigenvalue weighted by Crippen LogP contribution is 2.30. The monoisotopic (exact) mass is 440 g/mol. The zero-order chi connectivity index (χ0) is 19.7. The topological polar surface area (TPSA) is 97.2 Å². The summed E-state index contributed by atoms with van der Waals surface area (Å²) < 4.78 is 0.918. The number of nitrogens with zero attached hydrogens (tertiary/aromatic N) is 2. The molecule has 2 aromatic carbocycles. The van der Waals surface area contributed by atoms with E-state index in [2.05, 4.69) is 15.6 Å². The number of aryl methyl sites for hydroxylation is 1. The molecule has 138 valence electrons. The van der Waals surface area contributed by atoms with Crippen LogP contribution in [0.4, 0.5) is 10.8 Å². The van der Waals surface area contributed by atoms with E-state index in [4.69, 9.17) is 35.4 Å². The molecule has 2 N–H and O–H groups in total. The molecule has 0 unspecified atom stereocenters. The molecule has 0 bridgehead atoms. The number of hydrogen-bond donors (Lipinski definition) is 2. The molecule has 1 aromatic heterocycles. The van der Waals surface area contributed by atoms with Crippen molar-refractivity contribution < 1.29 is 9.72 Å². The van der Waals surface area contributed by atoms with Crippen LogP contribution in [-0.2, 0) is 0 Å². The Hall–Kier alpha value is -2.33. The lowest BCUT2D eigenvalue weighted by Crippen LogP contribution is -2.34. The van der Waals surface area contributed by atoms with Gasteiger partial charge in [-0.25, -0.2) is 4.98 Å². The van der Waals surface area contributed by atoms with Crippen molar-refractivity contribution in [2.75, 3.05) is 5.32 Å². The van der Waals surface area contributed by atoms with Gasteiger partial charge in [0.2, 0.25) is 0 Å². The quantitative estimate of drug-likeness (QED) is 0.339. The highest BCUT2D eigenvalue weighted by Gasteiger charge is 2.17. The number of thiocarbonyl (C=S) groups is 1. The Balaban J connectivity index is 1.73. The van der Waals surface area contributed by atoms with Crippen LogP contribution >= 0.6 is 46.8 Å². The van der Waals surface area contributed by atoms with Gasteiger partial charge < -0.3 is 5.32 Å². The fourth-order valence-corrected chi connectivity index (χ4v) is 3.75. The number of rotatable bonds is 3. The molecule has 0 saturated carbocycles. The molecule has 1 heterocycles. The van der Waals surface area contributed by atoms with Crippen LogP contribution in [0.15, 0.2) is 30.3 Å². The van der Waals surface area contributed by atoms with E-state index in [-0.39, 0.29) is 21.4 Å². The number of thiazole rings is 1. The summed E-state index contributed by atoms with van der Waals surface area (Å²) in [6, 6.07) is 7.40. The highest BCUT2D eigenvalue weighted by atomic mass is 35.5. The number of nitro benzene ring substituents is 1. The van der Waals surface area contributed by atoms with Crippen molar-refractivity contribution in [1.82, 2.24) is 10.3 Å². The highest BCUT2D eigenvalue weighted by molar-refractivity contribution is 7.80. The Morgan fingerprint density at radius 1 is 1.26 bits per heavy atom. The van der Waals surface area contributed by atoms with Gasteiger partial charge in [-0.2, -0.15) is 0 Å². The van der Waals surface area contributed by atoms with Crippen LogP contribution in [0.2, 0.25) is 10.0 Å². The summed E-state index contributed by atoms with van der Waals surface area (Å²) in [5, 5.41) is 17.3. The predicted octanol–water partition coefficient (Wildman–Crippen LogP) is 4.95. The second-order valence-electron chi connectivity index (χ2n) is 5.42. The Morgan fingerprint density at radius 3 is 2.70 bits per heavy atom. The number of fused-ring (bicyclic) bond motifs is 1. The summed E-state index contributed by atoms with van der Waals surface area (Å²) in [6.07, 6.45) is 0. The fraction of sp³-hybridized carbons (Fsp3) is 0.0625. The molecule has 0 aliphatic carbocycles. The van der Waals surface area contributed by atoms with Crippen LogP contribution in [0, 0.1) is 17.0 Å². The number of benzene rings is 2. The first kappa shape index (κ1) is 19.4. The van der Waals surface area contributed by atoms with Gasteiger partial charge in [-0.3, -0.25) is 20.2 Å². The molecule has 7 nitrogen and oxygen atoms in total. The summed E-state index contributed by atoms with van der Waals surface area (Å²) in [4.78, 5) is 26.9. The number of amides is 1. The SMILES string of the molecule is Cc1cc2sc(NC(=S)NC(=O)c3ccc(Cl)c([N+](=O)[O-])c3)nc2cc1Cl. The third-order valence-corrected chi connectivity index (χ3v) is 5.39. The molecule has 11 heteroatoms. The van der Waals surface area contributed by atoms with E-state index in [0.29, 0.717) is 15.7 Å². The minimum atomic E-state index is -0.663. The van der Waals surface area contributed by atoms with E-state index in [1.54, 1.807) is 6.07 Å². The molecule has 27 heavy (non-hydrogen) atoms. The fourth-order valence-electron chi connectivity index (χ4n) is 2.20. The molecule has 3 aromatic rings. The molecular formula is C16H10Cl2N4O3S2. The van der Waals surface area contributed by atoms with E-state index in [0.717, 1.165) is 16.3 Å². The van der Waals surface area contributed by atoms with Gasteiger partial charge in [-0.1, -0.05) is 34.5 Å². The number of aromatic nitrogens is 1. The van der Waals surface area contributed by atoms with Gasteiger partial charge in [-0.05, 0) is 49.0 Å². The van der Waals surface area contributed by atoms with Gasteiger partial charge in [0.15, 0.2) is 10.2 Å². The molecule has 0 fully saturated rings. The normalized spacial score (nSPS) is 10.6. The number of halogens is 2. The lowest BCUT2D eigenvalue weighted by molar-refractivity contribution is -0.384. The van der Waals surface area contributed by atoms with E-state index < -0.39 is 10.8 Å². The molecule has 0 aliphatic rings. The van der Waals surface area contributed by atoms with Gasteiger partial charge in [0.1, 0.15) is 5.02 Å². The summed E-state index contributed by atoms with van der Waals surface area (Å²) in [5.41, 5.74) is 1.34. The molecule has 0 saturated heterocycles. The molecule has 0 atom stereocenters. The number of carbonyl (C=O) groups excluding carboxylic acids is 1. The standard InChI is InChI=1S/C16H10Cl2N4O3S2/c1-7-4-13-11(6-10(7)18)19-16(27-13)21-15(26)20-14(23)8-2-3-9(17)12(5-8)22(24)25/h2-6H,1H3,(H2,19,20,21,23,26). The second-order valence-corrected chi connectivity index (χ2v) is 7.67. The average Bonchev–Trinajstić information content (AvgIpc) is 2.95. The molecular weight excluding hydrogens is 431 g/mol. The number of anilines is 1. The second kappa shape index (κ2) is 7.73. The van der Waals surface area contributed by atoms with Crippen LogP contribution in [-0.4, -0.2) is 20.9 Å². The minimum Gasteiger partial charge on any atom is -0.308 e. The third-order valence-electron chi connectivity index (χ3n) is 3.52. The van der Waals surface area contributed by atoms with Crippen LogP contribution in [0.25, 0.3) is 10.2 Å². The molecule has 0 radical (unpaired) electrons. The summed E-state index contributed by atoms with van der Waals surface area (Å²) in [5.74, 6) is -0.604. The molecule has 1 amide bonds. The van der Waals surface area contributed by atoms with Crippen LogP contribution < -0.4 is 10.6 Å². The van der Waals surface area contributed by atoms with Crippen molar-refractivity contribution in [1.29, 1.82) is 0 Å². The molecule has 3 rings (SSSR count). The zero-order valence-electron chi connectivity index (χ0n) is 13.6. The Morgan fingerprint density at radius 2 is 2.00 bits per heavy atom. The lowest BCUT2D eigenvalue weighted by Gasteiger charge is -2.07. The average molecular weight is 441 g/mol. The van der Waals surface area contributed by atoms with Crippen molar-refractivity contribution in [3.05, 3.63) is 61.6 Å². The third kappa shape index (κ3) is 4.33. The Bertz CT molecular complexity index is 1060. The van der Waals surface area contributed by atoms with Gasteiger partial charge in [-0.15, -0.1) is 0 Å². The maximum Gasteiger partial charge on any atom is 0.288 e. The Kier molecular flexibility index (Phi) is 5.56. The van der Waals surface area contributed by atoms with Crippen LogP contribution in [0.5, 0.6) is 0 Å². The van der Waals surface area contributed by atoms with Crippen molar-refractivity contribution in [3.63, 3.8) is 0 Å². The first-order valence-corrected chi connectivity index (χ1v) is 9.35. The molecule has 0 spiro atoms. The van der Waals surface area contributed by atoms with Gasteiger partial charge in [0.25, 0.3) is 11.6 Å². The number of nitro groups is 1. The van der Waals surface area contributed by atoms with Crippen LogP contribution in [0.3, 0.4) is 0 Å². The Labute approximate surface area is 172 Å². The maximum absolute atomic E-state index is 12.3. The summed E-state index contributed by atoms with van der Waals surface area (Å²) in [7, 11) is 0. The smallest absolute Gasteiger partial charge is 0.288 e. The molecule has 0 aliphatic heterocycles. The van der Waals surface area contributed by atoms with E-state index in [9.17, 15) is 14.9 Å². The van der Waals surface area contributed by atoms with Gasteiger partial charge >= 0.3 is 0 Å². The maximum atomic E-state index is 12.3. The summed E-state index contributed by atoms with van der Waals surface area (Å²) >= 11 is 18.3. The first-order chi connectivity index (χ1) is 12.7. The van der Waals surface area contributed by atoms with E-state index in [1.165, 1.54) is 23.5 Å². The van der Waals surface area contributed by atoms with Gasteiger partial charge in [0, 0.05) is 16.7 Å². The van der Waals surface area contributed by atoms with Crippen molar-refractivity contribution in [2.24, 2.45) is 0 Å². The van der Waals surface area contributed by atoms with Crippen LogP contribution in [0.1, 0.15) is 15.9 Å². The minimum absolute atomic E-state index is 0.0134. The summed E-state index contributed by atoms with van der Waals surface area (Å²) in [6.45, 7) is 1.89. The largest absolute Gasteiger partial charge is 0.308 e. The van der Waals surface area contributed by atoms with Gasteiger partial charge in [0.05, 0.1) is 15.1 Å². The van der Waals surface area contributed by atoms with E-state index in [1.807, 2.05) is 13.0 Å². The number of hydrogen-bond acceptors (Lipinski definition) is 6. The van der Waals surface area contributed by atoms with Crippen molar-refractivity contribution in [2.45, 2.75) is 6.92 Å².